The van der Waals surface area contributed by atoms with Gasteiger partial charge in [0.25, 0.3) is 0 Å². The molecular weight excluding hydrogens is 378 g/mol. The second-order valence-corrected chi connectivity index (χ2v) is 7.82. The summed E-state index contributed by atoms with van der Waals surface area (Å²) in [5, 5.41) is 19.0. The van der Waals surface area contributed by atoms with Gasteiger partial charge < -0.3 is 10.6 Å². The summed E-state index contributed by atoms with van der Waals surface area (Å²) >= 11 is 0. The molecule has 0 fully saturated rings. The largest absolute Gasteiger partial charge is 0.329 e. The molecule has 2 aromatic rings. The Bertz CT molecular complexity index is 1120. The molecule has 0 radical (unpaired) electrons. The highest BCUT2D eigenvalue weighted by Crippen LogP contribution is 2.51. The normalized spacial score (nSPS) is 22.8. The van der Waals surface area contributed by atoms with E-state index < -0.39 is 0 Å². The lowest BCUT2D eigenvalue weighted by molar-refractivity contribution is -0.115. The summed E-state index contributed by atoms with van der Waals surface area (Å²) in [6, 6.07) is 8.73. The van der Waals surface area contributed by atoms with E-state index >= 15 is 0 Å². The molecule has 2 unspecified atom stereocenters. The number of carbonyl (C=O) groups excluding carboxylic acids is 1. The van der Waals surface area contributed by atoms with E-state index in [1.165, 1.54) is 22.8 Å². The number of nitrogens with one attached hydrogen (secondary N) is 2. The number of aryl methyl sites for hydroxylation is 1. The summed E-state index contributed by atoms with van der Waals surface area (Å²) in [7, 11) is 3.86. The summed E-state index contributed by atoms with van der Waals surface area (Å²) in [6.45, 7) is 1.39. The number of hydrogen-bond donors (Lipinski definition) is 2. The molecule has 1 aromatic heterocycles. The summed E-state index contributed by atoms with van der Waals surface area (Å²) in [6.07, 6.45) is 5.77. The first-order valence-corrected chi connectivity index (χ1v) is 10.1. The number of benzene rings is 1. The van der Waals surface area contributed by atoms with E-state index in [1.54, 1.807) is 6.33 Å². The third-order valence-corrected chi connectivity index (χ3v) is 5.99. The molecule has 3 aliphatic rings. The molecular formula is C22H23N7O. The van der Waals surface area contributed by atoms with Crippen molar-refractivity contribution in [3.63, 3.8) is 0 Å². The monoisotopic (exact) mass is 401 g/mol. The Labute approximate surface area is 174 Å². The molecule has 30 heavy (non-hydrogen) atoms. The van der Waals surface area contributed by atoms with Gasteiger partial charge in [-0.3, -0.25) is 9.48 Å². The first-order valence-electron chi connectivity index (χ1n) is 10.1. The van der Waals surface area contributed by atoms with Crippen LogP contribution in [0.5, 0.6) is 0 Å². The van der Waals surface area contributed by atoms with Gasteiger partial charge in [0.05, 0.1) is 18.2 Å². The zero-order valence-corrected chi connectivity index (χ0v) is 17.0. The zero-order valence-electron chi connectivity index (χ0n) is 17.0. The number of aromatic nitrogens is 3. The Balaban J connectivity index is 1.67. The van der Waals surface area contributed by atoms with Gasteiger partial charge in [0.1, 0.15) is 12.2 Å². The van der Waals surface area contributed by atoms with Crippen molar-refractivity contribution in [1.29, 1.82) is 0 Å². The molecule has 5 rings (SSSR count). The van der Waals surface area contributed by atoms with Gasteiger partial charge in [0, 0.05) is 37.4 Å². The molecule has 8 nitrogen and oxygen atoms in total. The Morgan fingerprint density at radius 3 is 2.83 bits per heavy atom. The molecule has 152 valence electrons. The highest BCUT2D eigenvalue weighted by molar-refractivity contribution is 5.91. The number of hydrogen-bond acceptors (Lipinski definition) is 6. The van der Waals surface area contributed by atoms with Crippen LogP contribution < -0.4 is 10.6 Å². The molecule has 8 heteroatoms. The first-order chi connectivity index (χ1) is 14.7. The number of rotatable bonds is 4. The SMILES string of the molecule is CNCc1ccc(C2CC3=C4C(=CC(=O)NC=C4C2c2ncnn2C)N=NC3)cc1. The predicted octanol–water partition coefficient (Wildman–Crippen LogP) is 2.47. The summed E-state index contributed by atoms with van der Waals surface area (Å²) in [4.78, 5) is 16.8. The second-order valence-electron chi connectivity index (χ2n) is 7.82. The lowest BCUT2D eigenvalue weighted by atomic mass is 9.68. The third-order valence-electron chi connectivity index (χ3n) is 5.99. The van der Waals surface area contributed by atoms with Gasteiger partial charge in [0.15, 0.2) is 0 Å². The van der Waals surface area contributed by atoms with Crippen molar-refractivity contribution in [2.24, 2.45) is 17.3 Å². The number of carbonyl (C=O) groups is 1. The van der Waals surface area contributed by atoms with Crippen LogP contribution in [0.2, 0.25) is 0 Å². The van der Waals surface area contributed by atoms with Crippen LogP contribution in [0.3, 0.4) is 0 Å². The van der Waals surface area contributed by atoms with Crippen LogP contribution >= 0.6 is 0 Å². The molecule has 1 amide bonds. The van der Waals surface area contributed by atoms with Crippen LogP contribution in [0.1, 0.15) is 35.2 Å². The van der Waals surface area contributed by atoms with Crippen molar-refractivity contribution in [2.75, 3.05) is 13.6 Å². The Morgan fingerprint density at radius 2 is 2.10 bits per heavy atom. The van der Waals surface area contributed by atoms with Crippen LogP contribution in [-0.4, -0.2) is 34.3 Å². The summed E-state index contributed by atoms with van der Waals surface area (Å²) in [5.41, 5.74) is 6.37. The fourth-order valence-electron chi connectivity index (χ4n) is 4.66. The fourth-order valence-corrected chi connectivity index (χ4v) is 4.66. The van der Waals surface area contributed by atoms with E-state index in [4.69, 9.17) is 0 Å². The van der Waals surface area contributed by atoms with E-state index in [-0.39, 0.29) is 17.7 Å². The molecule has 1 aliphatic carbocycles. The standard InChI is InChI=1S/C22H23N7O/c1-23-9-13-3-5-14(6-4-13)16-7-15-10-26-28-18-8-19(30)24-11-17(20(15)18)21(16)22-25-12-27-29(22)2/h3-6,8,11-12,16,21,23H,7,9-10H2,1-2H3,(H,24,30). The maximum atomic E-state index is 12.2. The van der Waals surface area contributed by atoms with Crippen LogP contribution in [0.4, 0.5) is 0 Å². The van der Waals surface area contributed by atoms with Crippen molar-refractivity contribution < 1.29 is 4.79 Å². The molecule has 0 saturated carbocycles. The summed E-state index contributed by atoms with van der Waals surface area (Å²) < 4.78 is 1.82. The summed E-state index contributed by atoms with van der Waals surface area (Å²) in [5.74, 6) is 0.784. The highest BCUT2D eigenvalue weighted by atomic mass is 16.1. The van der Waals surface area contributed by atoms with E-state index in [1.807, 2.05) is 25.0 Å². The maximum absolute atomic E-state index is 12.2. The predicted molar refractivity (Wildman–Crippen MR) is 111 cm³/mol. The van der Waals surface area contributed by atoms with Crippen LogP contribution in [0.25, 0.3) is 0 Å². The smallest absolute Gasteiger partial charge is 0.250 e. The van der Waals surface area contributed by atoms with Gasteiger partial charge in [-0.1, -0.05) is 24.3 Å². The van der Waals surface area contributed by atoms with E-state index in [0.29, 0.717) is 12.2 Å². The molecule has 2 aliphatic heterocycles. The Morgan fingerprint density at radius 1 is 1.27 bits per heavy atom. The van der Waals surface area contributed by atoms with Gasteiger partial charge in [-0.25, -0.2) is 4.98 Å². The first kappa shape index (κ1) is 18.6. The molecule has 2 N–H and O–H groups in total. The third kappa shape index (κ3) is 3.09. The molecule has 0 bridgehead atoms. The van der Waals surface area contributed by atoms with Crippen molar-refractivity contribution in [3.8, 4) is 0 Å². The van der Waals surface area contributed by atoms with E-state index in [0.717, 1.165) is 29.9 Å². The van der Waals surface area contributed by atoms with Gasteiger partial charge in [-0.2, -0.15) is 15.3 Å². The quantitative estimate of drug-likeness (QED) is 0.823. The van der Waals surface area contributed by atoms with Crippen LogP contribution in [-0.2, 0) is 18.4 Å². The maximum Gasteiger partial charge on any atom is 0.250 e. The van der Waals surface area contributed by atoms with Crippen molar-refractivity contribution in [1.82, 2.24) is 25.4 Å². The Hall–Kier alpha value is -3.39. The minimum absolute atomic E-state index is 0.0542. The average molecular weight is 401 g/mol. The molecule has 2 atom stereocenters. The molecule has 3 heterocycles. The van der Waals surface area contributed by atoms with E-state index in [9.17, 15) is 4.79 Å². The molecule has 0 saturated heterocycles. The van der Waals surface area contributed by atoms with E-state index in [2.05, 4.69) is 55.2 Å². The average Bonchev–Trinajstić information content (AvgIpc) is 3.09. The number of azo groups is 1. The van der Waals surface area contributed by atoms with Gasteiger partial charge in [0.2, 0.25) is 5.91 Å². The lowest BCUT2D eigenvalue weighted by Gasteiger charge is -2.37. The van der Waals surface area contributed by atoms with Crippen LogP contribution in [0, 0.1) is 0 Å². The van der Waals surface area contributed by atoms with Crippen molar-refractivity contribution in [2.45, 2.75) is 24.8 Å². The second kappa shape index (κ2) is 7.46. The number of nitrogens with zero attached hydrogens (tertiary/aromatic N) is 5. The lowest BCUT2D eigenvalue weighted by Crippen LogP contribution is -2.27. The Kier molecular flexibility index (Phi) is 4.63. The minimum atomic E-state index is -0.190. The molecule has 0 spiro atoms. The number of amides is 1. The fraction of sp³-hybridized carbons (Fsp3) is 0.318. The highest BCUT2D eigenvalue weighted by Gasteiger charge is 2.41. The van der Waals surface area contributed by atoms with Crippen LogP contribution in [0.15, 0.2) is 75.5 Å². The van der Waals surface area contributed by atoms with Crippen molar-refractivity contribution >= 4 is 5.91 Å². The number of allylic oxidation sites excluding steroid dienone is 1. The topological polar surface area (TPSA) is 96.6 Å². The van der Waals surface area contributed by atoms with Gasteiger partial charge in [-0.15, -0.1) is 0 Å². The van der Waals surface area contributed by atoms with Gasteiger partial charge in [-0.05, 0) is 35.7 Å². The zero-order chi connectivity index (χ0) is 20.7. The van der Waals surface area contributed by atoms with Gasteiger partial charge >= 0.3 is 0 Å². The molecule has 1 aromatic carbocycles. The minimum Gasteiger partial charge on any atom is -0.329 e. The van der Waals surface area contributed by atoms with Crippen molar-refractivity contribution in [3.05, 3.63) is 82.2 Å².